The average molecular weight is 396 g/mol. The normalized spacial score (nSPS) is 28.7. The summed E-state index contributed by atoms with van der Waals surface area (Å²) in [5.74, 6) is -2.19. The molecule has 0 spiro atoms. The number of esters is 1. The fraction of sp³-hybridized carbons (Fsp3) is 0.429. The number of imide groups is 1. The van der Waals surface area contributed by atoms with Crippen molar-refractivity contribution in [2.24, 2.45) is 11.8 Å². The highest BCUT2D eigenvalue weighted by atomic mass is 16.5. The quantitative estimate of drug-likeness (QED) is 0.595. The second-order valence-electron chi connectivity index (χ2n) is 7.57. The van der Waals surface area contributed by atoms with Crippen molar-refractivity contribution < 1.29 is 19.1 Å². The van der Waals surface area contributed by atoms with Crippen LogP contribution >= 0.6 is 0 Å². The molecule has 2 amide bonds. The van der Waals surface area contributed by atoms with Gasteiger partial charge in [0.05, 0.1) is 30.7 Å². The molecule has 2 saturated heterocycles. The molecule has 3 heterocycles. The van der Waals surface area contributed by atoms with Crippen LogP contribution in [-0.2, 0) is 31.1 Å². The molecule has 152 valence electrons. The van der Waals surface area contributed by atoms with Crippen LogP contribution in [0, 0.1) is 18.8 Å². The van der Waals surface area contributed by atoms with Crippen LogP contribution < -0.4 is 5.32 Å². The number of hydrogen-bond acceptors (Lipinski definition) is 6. The molecule has 1 aromatic heterocycles. The predicted octanol–water partition coefficient (Wildman–Crippen LogP) is 1.22. The van der Waals surface area contributed by atoms with Gasteiger partial charge < -0.3 is 9.72 Å². The van der Waals surface area contributed by atoms with Crippen molar-refractivity contribution in [2.45, 2.75) is 31.8 Å². The van der Waals surface area contributed by atoms with Gasteiger partial charge in [-0.3, -0.25) is 19.8 Å². The molecule has 1 aromatic carbocycles. The molecular weight excluding hydrogens is 372 g/mol. The summed E-state index contributed by atoms with van der Waals surface area (Å²) in [6.45, 7) is 3.86. The summed E-state index contributed by atoms with van der Waals surface area (Å²) in [5, 5.41) is 3.32. The highest BCUT2D eigenvalue weighted by Gasteiger charge is 2.69. The zero-order valence-corrected chi connectivity index (χ0v) is 16.9. The number of H-pyrrole nitrogens is 1. The number of aromatic amines is 1. The number of rotatable bonds is 4. The minimum absolute atomic E-state index is 0.320. The Balaban J connectivity index is 1.95. The third kappa shape index (κ3) is 2.55. The van der Waals surface area contributed by atoms with Gasteiger partial charge in [0.25, 0.3) is 0 Å². The number of nitrogens with one attached hydrogen (secondary N) is 2. The van der Waals surface area contributed by atoms with Crippen LogP contribution in [0.15, 0.2) is 30.3 Å². The van der Waals surface area contributed by atoms with E-state index in [4.69, 9.17) is 4.74 Å². The molecule has 2 aromatic rings. The lowest BCUT2D eigenvalue weighted by atomic mass is 9.75. The van der Waals surface area contributed by atoms with Crippen molar-refractivity contribution in [2.75, 3.05) is 14.2 Å². The SMILES string of the molecule is CCc1nc([C@@H]2N[C@@](C(=O)OC)(c3ccccc3)[C@@H]3C(=O)N(C)C(=O)[C@@H]32)c(C)[nH]1. The standard InChI is InChI=1S/C21H24N4O4/c1-5-13-22-11(2)16(23-13)17-14-15(19(27)25(3)18(14)26)21(24-17,20(28)29-4)12-9-7-6-8-10-12/h6-10,14-15,17,24H,5H2,1-4H3,(H,22,23)/t14-,15-,17+,21-/m0/s1. The molecule has 0 unspecified atom stereocenters. The number of benzene rings is 1. The van der Waals surface area contributed by atoms with Gasteiger partial charge in [-0.25, -0.2) is 9.78 Å². The lowest BCUT2D eigenvalue weighted by Gasteiger charge is -2.32. The van der Waals surface area contributed by atoms with E-state index in [9.17, 15) is 14.4 Å². The Kier molecular flexibility index (Phi) is 4.53. The Morgan fingerprint density at radius 2 is 1.93 bits per heavy atom. The zero-order valence-electron chi connectivity index (χ0n) is 16.9. The molecule has 0 aliphatic carbocycles. The number of likely N-dealkylation sites (tertiary alicyclic amines) is 1. The van der Waals surface area contributed by atoms with Gasteiger partial charge >= 0.3 is 5.97 Å². The number of nitrogens with zero attached hydrogens (tertiary/aromatic N) is 2. The van der Waals surface area contributed by atoms with Crippen LogP contribution in [0.4, 0.5) is 0 Å². The largest absolute Gasteiger partial charge is 0.467 e. The Hall–Kier alpha value is -3.00. The Bertz CT molecular complexity index is 986. The number of aromatic nitrogens is 2. The van der Waals surface area contributed by atoms with Crippen molar-refractivity contribution in [3.63, 3.8) is 0 Å². The van der Waals surface area contributed by atoms with Crippen LogP contribution in [0.25, 0.3) is 0 Å². The first-order valence-corrected chi connectivity index (χ1v) is 9.65. The van der Waals surface area contributed by atoms with Crippen molar-refractivity contribution in [3.05, 3.63) is 53.1 Å². The van der Waals surface area contributed by atoms with Gasteiger partial charge in [0.1, 0.15) is 5.82 Å². The minimum atomic E-state index is -1.47. The average Bonchev–Trinajstić information content (AvgIpc) is 3.36. The third-order valence-electron chi connectivity index (χ3n) is 6.12. The summed E-state index contributed by atoms with van der Waals surface area (Å²) in [6, 6.07) is 8.37. The maximum Gasteiger partial charge on any atom is 0.331 e. The van der Waals surface area contributed by atoms with E-state index >= 15 is 0 Å². The van der Waals surface area contributed by atoms with E-state index in [1.807, 2.05) is 19.9 Å². The smallest absolute Gasteiger partial charge is 0.331 e. The highest BCUT2D eigenvalue weighted by molar-refractivity contribution is 6.09. The number of amides is 2. The summed E-state index contributed by atoms with van der Waals surface area (Å²) >= 11 is 0. The van der Waals surface area contributed by atoms with Crippen LogP contribution in [0.5, 0.6) is 0 Å². The van der Waals surface area contributed by atoms with Gasteiger partial charge in [0, 0.05) is 19.2 Å². The topological polar surface area (TPSA) is 104 Å². The summed E-state index contributed by atoms with van der Waals surface area (Å²) in [7, 11) is 2.75. The van der Waals surface area contributed by atoms with E-state index < -0.39 is 35.3 Å². The summed E-state index contributed by atoms with van der Waals surface area (Å²) < 4.78 is 5.15. The molecule has 29 heavy (non-hydrogen) atoms. The predicted molar refractivity (Wildman–Crippen MR) is 103 cm³/mol. The molecule has 8 heteroatoms. The molecule has 2 aliphatic heterocycles. The molecular formula is C21H24N4O4. The summed E-state index contributed by atoms with van der Waals surface area (Å²) in [6.07, 6.45) is 0.704. The number of methoxy groups -OCH3 is 1. The van der Waals surface area contributed by atoms with Crippen LogP contribution in [0.2, 0.25) is 0 Å². The maximum absolute atomic E-state index is 13.2. The van der Waals surface area contributed by atoms with Crippen LogP contribution in [0.3, 0.4) is 0 Å². The number of carbonyl (C=O) groups is 3. The zero-order chi connectivity index (χ0) is 20.9. The second-order valence-corrected chi connectivity index (χ2v) is 7.57. The van der Waals surface area contributed by atoms with E-state index in [2.05, 4.69) is 15.3 Å². The lowest BCUT2D eigenvalue weighted by molar-refractivity contribution is -0.154. The van der Waals surface area contributed by atoms with Crippen molar-refractivity contribution in [1.29, 1.82) is 0 Å². The lowest BCUT2D eigenvalue weighted by Crippen LogP contribution is -2.53. The van der Waals surface area contributed by atoms with Crippen LogP contribution in [-0.4, -0.2) is 46.8 Å². The van der Waals surface area contributed by atoms with Gasteiger partial charge in [-0.15, -0.1) is 0 Å². The summed E-state index contributed by atoms with van der Waals surface area (Å²) in [4.78, 5) is 48.4. The first-order chi connectivity index (χ1) is 13.9. The van der Waals surface area contributed by atoms with Crippen LogP contribution in [0.1, 0.15) is 35.7 Å². The third-order valence-corrected chi connectivity index (χ3v) is 6.12. The maximum atomic E-state index is 13.2. The fourth-order valence-corrected chi connectivity index (χ4v) is 4.73. The van der Waals surface area contributed by atoms with E-state index in [0.29, 0.717) is 17.7 Å². The molecule has 2 aliphatic rings. The molecule has 8 nitrogen and oxygen atoms in total. The molecule has 2 N–H and O–H groups in total. The number of imidazole rings is 1. The molecule has 2 fully saturated rings. The molecule has 0 bridgehead atoms. The van der Waals surface area contributed by atoms with Crippen molar-refractivity contribution in [3.8, 4) is 0 Å². The summed E-state index contributed by atoms with van der Waals surface area (Å²) in [5.41, 5.74) is 0.571. The van der Waals surface area contributed by atoms with Crippen molar-refractivity contribution >= 4 is 17.8 Å². The van der Waals surface area contributed by atoms with Crippen molar-refractivity contribution in [1.82, 2.24) is 20.2 Å². The van der Waals surface area contributed by atoms with Gasteiger partial charge in [-0.1, -0.05) is 37.3 Å². The van der Waals surface area contributed by atoms with E-state index in [0.717, 1.165) is 16.4 Å². The second kappa shape index (κ2) is 6.81. The first kappa shape index (κ1) is 19.3. The number of aryl methyl sites for hydroxylation is 2. The molecule has 0 saturated carbocycles. The Morgan fingerprint density at radius 3 is 2.52 bits per heavy atom. The Labute approximate surface area is 168 Å². The van der Waals surface area contributed by atoms with Gasteiger partial charge in [-0.05, 0) is 12.5 Å². The van der Waals surface area contributed by atoms with E-state index in [-0.39, 0.29) is 5.91 Å². The molecule has 0 radical (unpaired) electrons. The number of ether oxygens (including phenoxy) is 1. The van der Waals surface area contributed by atoms with Gasteiger partial charge in [-0.2, -0.15) is 0 Å². The monoisotopic (exact) mass is 396 g/mol. The van der Waals surface area contributed by atoms with E-state index in [1.54, 1.807) is 24.3 Å². The van der Waals surface area contributed by atoms with Gasteiger partial charge in [0.15, 0.2) is 5.54 Å². The van der Waals surface area contributed by atoms with E-state index in [1.165, 1.54) is 14.2 Å². The molecule has 4 atom stereocenters. The molecule has 4 rings (SSSR count). The first-order valence-electron chi connectivity index (χ1n) is 9.65. The Morgan fingerprint density at radius 1 is 1.24 bits per heavy atom. The number of hydrogen-bond donors (Lipinski definition) is 2. The minimum Gasteiger partial charge on any atom is -0.467 e. The van der Waals surface area contributed by atoms with Gasteiger partial charge in [0.2, 0.25) is 11.8 Å². The fourth-order valence-electron chi connectivity index (χ4n) is 4.73. The highest BCUT2D eigenvalue weighted by Crippen LogP contribution is 2.53. The number of fused-ring (bicyclic) bond motifs is 1. The number of carbonyl (C=O) groups excluding carboxylic acids is 3.